The topological polar surface area (TPSA) is 171 Å². The molecule has 0 spiro atoms. The molecule has 12 nitrogen and oxygen atoms in total. The summed E-state index contributed by atoms with van der Waals surface area (Å²) >= 11 is 1.90. The second-order valence-electron chi connectivity index (χ2n) is 15.9. The Balaban J connectivity index is 1.87. The van der Waals surface area contributed by atoms with Crippen LogP contribution in [0.1, 0.15) is 125 Å². The van der Waals surface area contributed by atoms with E-state index in [0.717, 1.165) is 51.4 Å². The molecule has 3 aliphatic rings. The molecular weight excluding hydrogens is 773 g/mol. The van der Waals surface area contributed by atoms with Crippen molar-refractivity contribution < 1.29 is 32.4 Å². The van der Waals surface area contributed by atoms with Crippen molar-refractivity contribution in [3.63, 3.8) is 0 Å². The van der Waals surface area contributed by atoms with Crippen LogP contribution in [0.4, 0.5) is 4.79 Å². The molecule has 3 fully saturated rings. The number of hydrogen-bond donors (Lipinski definition) is 4. The van der Waals surface area contributed by atoms with E-state index in [1.165, 1.54) is 11.0 Å². The van der Waals surface area contributed by atoms with Crippen molar-refractivity contribution in [2.45, 2.75) is 151 Å². The van der Waals surface area contributed by atoms with Crippen LogP contribution in [0.25, 0.3) is 0 Å². The molecule has 4 N–H and O–H groups in total. The average Bonchev–Trinajstić information content (AvgIpc) is 3.87. The van der Waals surface area contributed by atoms with Gasteiger partial charge in [0.15, 0.2) is 13.9 Å². The van der Waals surface area contributed by atoms with Crippen LogP contribution in [0, 0.1) is 11.3 Å². The fourth-order valence-corrected chi connectivity index (χ4v) is 9.41. The summed E-state index contributed by atoms with van der Waals surface area (Å²) in [5.41, 5.74) is -1.55. The largest absolute Gasteiger partial charge is 0.346 e. The molecule has 0 bridgehead atoms. The van der Waals surface area contributed by atoms with Gasteiger partial charge in [-0.25, -0.2) is 13.2 Å². The maximum absolute atomic E-state index is 14.6. The molecule has 284 valence electrons. The van der Waals surface area contributed by atoms with E-state index in [0.29, 0.717) is 38.5 Å². The van der Waals surface area contributed by atoms with E-state index in [4.69, 9.17) is 0 Å². The summed E-state index contributed by atoms with van der Waals surface area (Å²) in [6.07, 6.45) is 11.9. The Labute approximate surface area is 312 Å². The van der Waals surface area contributed by atoms with Crippen molar-refractivity contribution in [2.24, 2.45) is 11.3 Å². The Morgan fingerprint density at radius 1 is 0.960 bits per heavy atom. The summed E-state index contributed by atoms with van der Waals surface area (Å²) in [6, 6.07) is -2.59. The Morgan fingerprint density at radius 2 is 1.54 bits per heavy atom. The van der Waals surface area contributed by atoms with Crippen molar-refractivity contribution in [1.29, 1.82) is 0 Å². The zero-order chi connectivity index (χ0) is 37.3. The predicted molar refractivity (Wildman–Crippen MR) is 203 cm³/mol. The van der Waals surface area contributed by atoms with Gasteiger partial charge in [0.05, 0.1) is 22.1 Å². The molecule has 0 heterocycles. The molecule has 0 unspecified atom stereocenters. The number of nitrogens with zero attached hydrogens (tertiary/aromatic N) is 1. The first-order chi connectivity index (χ1) is 23.4. The molecule has 5 amide bonds. The van der Waals surface area contributed by atoms with Gasteiger partial charge in [-0.15, -0.1) is 6.58 Å². The first-order valence-electron chi connectivity index (χ1n) is 18.4. The number of halogens is 1. The Hall–Kier alpha value is -2.23. The summed E-state index contributed by atoms with van der Waals surface area (Å²) < 4.78 is 24.8. The summed E-state index contributed by atoms with van der Waals surface area (Å²) in [4.78, 5) is 69.4. The molecule has 0 aromatic heterocycles. The number of carbonyl (C=O) groups excluding carboxylic acids is 5. The van der Waals surface area contributed by atoms with Crippen molar-refractivity contribution in [1.82, 2.24) is 26.2 Å². The lowest BCUT2D eigenvalue weighted by Crippen LogP contribution is -2.64. The summed E-state index contributed by atoms with van der Waals surface area (Å²) in [7, 11) is -3.57. The van der Waals surface area contributed by atoms with E-state index in [2.05, 4.69) is 27.8 Å². The van der Waals surface area contributed by atoms with Gasteiger partial charge in [0.25, 0.3) is 11.8 Å². The van der Waals surface area contributed by atoms with Gasteiger partial charge in [0.1, 0.15) is 6.04 Å². The van der Waals surface area contributed by atoms with Crippen molar-refractivity contribution in [3.8, 4) is 0 Å². The third-order valence-electron chi connectivity index (χ3n) is 10.6. The third kappa shape index (κ3) is 11.4. The Morgan fingerprint density at radius 3 is 2.06 bits per heavy atom. The summed E-state index contributed by atoms with van der Waals surface area (Å²) in [6.45, 7) is 12.8. The van der Waals surface area contributed by atoms with E-state index in [1.54, 1.807) is 20.8 Å². The van der Waals surface area contributed by atoms with Gasteiger partial charge in [-0.05, 0) is 93.2 Å². The standard InChI is InChI=1S/C36H60IN5O7S/c1-7-21-38-30(44)27(43)26(23-25-15-16-25)39-31(45)29(37)42(22-8-2)32(46)28(35(6)17-11-9-12-18-35)40-33(47)41-36(19-13-10-14-20-36)24-50(48,49)34(3,4)5/h7,25-26,28-29H,1,8-24H2,2-6H3,(H,38,44)(H,39,45)(H2,40,41,47)/t26-,28+,29+/m0/s1. The van der Waals surface area contributed by atoms with Crippen LogP contribution < -0.4 is 21.3 Å². The molecule has 3 saturated carbocycles. The highest BCUT2D eigenvalue weighted by molar-refractivity contribution is 14.1. The molecule has 0 aromatic carbocycles. The maximum atomic E-state index is 14.6. The van der Waals surface area contributed by atoms with Crippen LogP contribution in [0.15, 0.2) is 12.7 Å². The lowest BCUT2D eigenvalue weighted by Gasteiger charge is -2.44. The minimum Gasteiger partial charge on any atom is -0.346 e. The second-order valence-corrected chi connectivity index (χ2v) is 19.9. The lowest BCUT2D eigenvalue weighted by molar-refractivity contribution is -0.143. The number of nitrogens with one attached hydrogen (secondary N) is 4. The third-order valence-corrected chi connectivity index (χ3v) is 14.6. The van der Waals surface area contributed by atoms with Crippen LogP contribution in [0.3, 0.4) is 0 Å². The number of alkyl halides is 1. The lowest BCUT2D eigenvalue weighted by atomic mass is 9.70. The van der Waals surface area contributed by atoms with Crippen LogP contribution >= 0.6 is 22.6 Å². The van der Waals surface area contributed by atoms with Crippen LogP contribution in [-0.4, -0.2) is 88.1 Å². The fraction of sp³-hybridized carbons (Fsp3) is 0.806. The zero-order valence-electron chi connectivity index (χ0n) is 30.7. The van der Waals surface area contributed by atoms with Gasteiger partial charge < -0.3 is 26.2 Å². The van der Waals surface area contributed by atoms with Gasteiger partial charge in [0, 0.05) is 13.1 Å². The summed E-state index contributed by atoms with van der Waals surface area (Å²) in [5.74, 6) is -2.45. The maximum Gasteiger partial charge on any atom is 0.315 e. The highest BCUT2D eigenvalue weighted by atomic mass is 127. The first-order valence-corrected chi connectivity index (χ1v) is 21.3. The average molecular weight is 834 g/mol. The quantitative estimate of drug-likeness (QED) is 0.0542. The molecule has 0 radical (unpaired) electrons. The molecule has 3 atom stereocenters. The minimum atomic E-state index is -3.57. The Bertz CT molecular complexity index is 1350. The molecule has 0 saturated heterocycles. The van der Waals surface area contributed by atoms with Gasteiger partial charge in [-0.3, -0.25) is 19.2 Å². The normalized spacial score (nSPS) is 20.7. The number of urea groups is 1. The first kappa shape index (κ1) is 42.2. The van der Waals surface area contributed by atoms with E-state index in [9.17, 15) is 32.4 Å². The van der Waals surface area contributed by atoms with E-state index < -0.39 is 71.2 Å². The van der Waals surface area contributed by atoms with E-state index in [-0.39, 0.29) is 24.8 Å². The van der Waals surface area contributed by atoms with Gasteiger partial charge in [0.2, 0.25) is 11.7 Å². The van der Waals surface area contributed by atoms with Crippen molar-refractivity contribution >= 4 is 62.0 Å². The zero-order valence-corrected chi connectivity index (χ0v) is 33.7. The number of hydrogen-bond acceptors (Lipinski definition) is 7. The van der Waals surface area contributed by atoms with Crippen molar-refractivity contribution in [2.75, 3.05) is 18.8 Å². The molecule has 0 aliphatic heterocycles. The number of carbonyl (C=O) groups is 5. The van der Waals surface area contributed by atoms with E-state index in [1.807, 2.05) is 36.4 Å². The smallest absolute Gasteiger partial charge is 0.315 e. The van der Waals surface area contributed by atoms with Crippen LogP contribution in [-0.2, 0) is 29.0 Å². The van der Waals surface area contributed by atoms with E-state index >= 15 is 0 Å². The number of rotatable bonds is 17. The predicted octanol–water partition coefficient (Wildman–Crippen LogP) is 4.70. The monoisotopic (exact) mass is 833 g/mol. The second kappa shape index (κ2) is 18.0. The van der Waals surface area contributed by atoms with Crippen LogP contribution in [0.5, 0.6) is 0 Å². The van der Waals surface area contributed by atoms with Gasteiger partial charge in [-0.2, -0.15) is 0 Å². The molecular formula is C36H60IN5O7S. The molecule has 14 heteroatoms. The summed E-state index contributed by atoms with van der Waals surface area (Å²) in [5, 5.41) is 11.3. The van der Waals surface area contributed by atoms with Crippen molar-refractivity contribution in [3.05, 3.63) is 12.7 Å². The molecule has 50 heavy (non-hydrogen) atoms. The number of ketones is 1. The Kier molecular flexibility index (Phi) is 15.2. The van der Waals surface area contributed by atoms with Gasteiger partial charge >= 0.3 is 6.03 Å². The number of sulfone groups is 1. The van der Waals surface area contributed by atoms with Crippen LogP contribution in [0.2, 0.25) is 0 Å². The molecule has 3 rings (SSSR count). The fourth-order valence-electron chi connectivity index (χ4n) is 7.16. The molecule has 0 aromatic rings. The minimum absolute atomic E-state index is 0.122. The number of amides is 5. The SMILES string of the molecule is C=CCNC(=O)C(=O)[C@H](CC1CC1)NC(=O)[C@H](I)N(CCC)C(=O)[C@@H](NC(=O)NC1(CS(=O)(=O)C(C)(C)C)CCCCC1)C1(C)CCCCC1. The van der Waals surface area contributed by atoms with Gasteiger partial charge in [-0.1, -0.05) is 71.3 Å². The highest BCUT2D eigenvalue weighted by Crippen LogP contribution is 2.40. The highest BCUT2D eigenvalue weighted by Gasteiger charge is 2.47. The molecule has 3 aliphatic carbocycles. The number of Topliss-reactive ketones (excluding diaryl/α,β-unsaturated/α-hetero) is 1.